The molecule has 0 N–H and O–H groups in total. The molecule has 1 rings (SSSR count). The van der Waals surface area contributed by atoms with Crippen LogP contribution in [0.5, 0.6) is 0 Å². The minimum Gasteiger partial charge on any atom is -0.311 e. The average molecular weight is 246 g/mol. The molecule has 1 saturated heterocycles. The quantitative estimate of drug-likeness (QED) is 0.712. The number of rotatable bonds is 3. The topological polar surface area (TPSA) is 27.7 Å². The van der Waals surface area contributed by atoms with Gasteiger partial charge in [-0.05, 0) is 12.8 Å². The zero-order valence-corrected chi connectivity index (χ0v) is 9.53. The van der Waals surface area contributed by atoms with E-state index in [1.807, 2.05) is 13.8 Å². The van der Waals surface area contributed by atoms with Gasteiger partial charge >= 0.3 is 15.0 Å². The molecule has 0 aromatic heterocycles. The monoisotopic (exact) mass is 246 g/mol. The Morgan fingerprint density at radius 3 is 2.00 bits per heavy atom. The molecule has 0 bridgehead atoms. The Morgan fingerprint density at radius 1 is 1.20 bits per heavy atom. The molecule has 0 unspecified atom stereocenters. The van der Waals surface area contributed by atoms with Gasteiger partial charge < -0.3 is 9.05 Å². The number of hydrogen-bond acceptors (Lipinski definition) is 3. The Balaban J connectivity index is 2.42. The number of alkyl halides is 3. The molecule has 0 amide bonds. The van der Waals surface area contributed by atoms with Crippen LogP contribution in [-0.2, 0) is 13.6 Å². The summed E-state index contributed by atoms with van der Waals surface area (Å²) in [5, 5.41) is 0. The van der Waals surface area contributed by atoms with Crippen LogP contribution < -0.4 is 0 Å². The Labute approximate surface area is 87.9 Å². The molecule has 0 aromatic carbocycles. The lowest BCUT2D eigenvalue weighted by molar-refractivity contribution is -0.281. The van der Waals surface area contributed by atoms with Crippen LogP contribution >= 0.6 is 8.60 Å². The lowest BCUT2D eigenvalue weighted by atomic mass is 9.84. The molecule has 1 fully saturated rings. The van der Waals surface area contributed by atoms with Crippen LogP contribution in [0.2, 0.25) is 0 Å². The van der Waals surface area contributed by atoms with E-state index in [4.69, 9.17) is 9.05 Å². The first kappa shape index (κ1) is 13.2. The summed E-state index contributed by atoms with van der Waals surface area (Å²) in [7, 11) is -2.25. The van der Waals surface area contributed by atoms with Gasteiger partial charge in [-0.1, -0.05) is 13.8 Å². The maximum absolute atomic E-state index is 11.8. The molecule has 0 aromatic rings. The van der Waals surface area contributed by atoms with Crippen LogP contribution in [0.25, 0.3) is 0 Å². The third-order valence-corrected chi connectivity index (χ3v) is 3.67. The highest BCUT2D eigenvalue weighted by Crippen LogP contribution is 2.52. The van der Waals surface area contributed by atoms with Crippen molar-refractivity contribution in [2.45, 2.75) is 33.1 Å². The summed E-state index contributed by atoms with van der Waals surface area (Å²) in [6, 6.07) is 0. The van der Waals surface area contributed by atoms with E-state index in [2.05, 4.69) is 4.52 Å². The fourth-order valence-electron chi connectivity index (χ4n) is 1.25. The minimum atomic E-state index is -4.69. The molecule has 0 aliphatic carbocycles. The molecule has 1 aliphatic rings. The first-order chi connectivity index (χ1) is 6.91. The van der Waals surface area contributed by atoms with E-state index >= 15 is 0 Å². The van der Waals surface area contributed by atoms with Gasteiger partial charge in [-0.2, -0.15) is 0 Å². The van der Waals surface area contributed by atoms with Gasteiger partial charge in [-0.25, -0.2) is 4.52 Å². The maximum Gasteiger partial charge on any atom is 0.529 e. The fraction of sp³-hybridized carbons (Fsp3) is 1.00. The smallest absolute Gasteiger partial charge is 0.311 e. The highest BCUT2D eigenvalue weighted by molar-refractivity contribution is 7.41. The molecule has 0 spiro atoms. The highest BCUT2D eigenvalue weighted by Gasteiger charge is 2.41. The summed E-state index contributed by atoms with van der Waals surface area (Å²) in [5.74, 6) is 0. The number of halogens is 3. The van der Waals surface area contributed by atoms with Gasteiger partial charge in [0.1, 0.15) is 0 Å². The van der Waals surface area contributed by atoms with Crippen LogP contribution in [0.4, 0.5) is 13.2 Å². The highest BCUT2D eigenvalue weighted by atomic mass is 31.2. The third-order valence-electron chi connectivity index (χ3n) is 2.63. The molecule has 1 heterocycles. The SMILES string of the molecule is CCC1(CC)COP(OC(F)(F)F)OC1. The van der Waals surface area contributed by atoms with Crippen molar-refractivity contribution in [3.63, 3.8) is 0 Å². The zero-order chi connectivity index (χ0) is 11.5. The van der Waals surface area contributed by atoms with Gasteiger partial charge in [0.15, 0.2) is 0 Å². The second-order valence-electron chi connectivity index (χ2n) is 3.51. The van der Waals surface area contributed by atoms with Crippen molar-refractivity contribution in [1.29, 1.82) is 0 Å². The molecule has 0 saturated carbocycles. The van der Waals surface area contributed by atoms with Crippen LogP contribution in [-0.4, -0.2) is 19.6 Å². The lowest BCUT2D eigenvalue weighted by Gasteiger charge is -2.37. The second kappa shape index (κ2) is 4.95. The molecular formula is C8H14F3O3P. The number of hydrogen-bond donors (Lipinski definition) is 0. The molecule has 0 radical (unpaired) electrons. The molecule has 7 heteroatoms. The van der Waals surface area contributed by atoms with Crippen molar-refractivity contribution in [3.8, 4) is 0 Å². The fourth-order valence-corrected chi connectivity index (χ4v) is 2.36. The molecule has 15 heavy (non-hydrogen) atoms. The van der Waals surface area contributed by atoms with E-state index in [0.29, 0.717) is 0 Å². The van der Waals surface area contributed by atoms with E-state index < -0.39 is 15.0 Å². The molecule has 0 atom stereocenters. The Hall–Kier alpha value is 0.100. The van der Waals surface area contributed by atoms with Gasteiger partial charge in [-0.15, -0.1) is 13.2 Å². The Morgan fingerprint density at radius 2 is 1.67 bits per heavy atom. The summed E-state index contributed by atoms with van der Waals surface area (Å²) < 4.78 is 49.1. The third kappa shape index (κ3) is 3.87. The van der Waals surface area contributed by atoms with E-state index in [0.717, 1.165) is 12.8 Å². The Bertz CT molecular complexity index is 196. The van der Waals surface area contributed by atoms with E-state index in [-0.39, 0.29) is 18.6 Å². The van der Waals surface area contributed by atoms with Crippen molar-refractivity contribution < 1.29 is 26.7 Å². The predicted octanol–water partition coefficient (Wildman–Crippen LogP) is 3.60. The van der Waals surface area contributed by atoms with E-state index in [1.165, 1.54) is 0 Å². The van der Waals surface area contributed by atoms with Crippen molar-refractivity contribution in [3.05, 3.63) is 0 Å². The van der Waals surface area contributed by atoms with Crippen molar-refractivity contribution in [1.82, 2.24) is 0 Å². The zero-order valence-electron chi connectivity index (χ0n) is 8.63. The van der Waals surface area contributed by atoms with Crippen LogP contribution in [0.15, 0.2) is 0 Å². The summed E-state index contributed by atoms with van der Waals surface area (Å²) in [6.45, 7) is 4.46. The van der Waals surface area contributed by atoms with E-state index in [1.54, 1.807) is 0 Å². The van der Waals surface area contributed by atoms with Crippen LogP contribution in [0.1, 0.15) is 26.7 Å². The predicted molar refractivity (Wildman–Crippen MR) is 49.0 cm³/mol. The molecule has 90 valence electrons. The second-order valence-corrected chi connectivity index (χ2v) is 4.66. The summed E-state index contributed by atoms with van der Waals surface area (Å²) in [4.78, 5) is 0. The average Bonchev–Trinajstić information content (AvgIpc) is 2.17. The van der Waals surface area contributed by atoms with Crippen LogP contribution in [0, 0.1) is 5.41 Å². The largest absolute Gasteiger partial charge is 0.529 e. The summed E-state index contributed by atoms with van der Waals surface area (Å²) >= 11 is 0. The molecule has 1 aliphatic heterocycles. The molecule has 3 nitrogen and oxygen atoms in total. The normalized spacial score (nSPS) is 23.0. The van der Waals surface area contributed by atoms with Crippen LogP contribution in [0.3, 0.4) is 0 Å². The van der Waals surface area contributed by atoms with Crippen molar-refractivity contribution in [2.24, 2.45) is 5.41 Å². The lowest BCUT2D eigenvalue weighted by Crippen LogP contribution is -2.34. The Kier molecular flexibility index (Phi) is 4.35. The first-order valence-corrected chi connectivity index (χ1v) is 5.82. The summed E-state index contributed by atoms with van der Waals surface area (Å²) in [6.07, 6.45) is -3.05. The first-order valence-electron chi connectivity index (χ1n) is 4.72. The standard InChI is InChI=1S/C8H14F3O3P/c1-3-7(4-2)5-12-15(13-6-7)14-8(9,10)11/h3-6H2,1-2H3. The summed E-state index contributed by atoms with van der Waals surface area (Å²) in [5.41, 5.74) is -0.159. The van der Waals surface area contributed by atoms with Crippen molar-refractivity contribution >= 4 is 8.60 Å². The van der Waals surface area contributed by atoms with E-state index in [9.17, 15) is 13.2 Å². The van der Waals surface area contributed by atoms with Crippen molar-refractivity contribution in [2.75, 3.05) is 13.2 Å². The maximum atomic E-state index is 11.8. The molecular weight excluding hydrogens is 232 g/mol. The van der Waals surface area contributed by atoms with Gasteiger partial charge in [-0.3, -0.25) is 0 Å². The van der Waals surface area contributed by atoms with Gasteiger partial charge in [0.25, 0.3) is 0 Å². The minimum absolute atomic E-state index is 0.159. The van der Waals surface area contributed by atoms with Gasteiger partial charge in [0, 0.05) is 5.41 Å². The van der Waals surface area contributed by atoms with Gasteiger partial charge in [0.2, 0.25) is 0 Å². The van der Waals surface area contributed by atoms with Gasteiger partial charge in [0.05, 0.1) is 13.2 Å².